The zero-order valence-electron chi connectivity index (χ0n) is 24.2. The van der Waals surface area contributed by atoms with Gasteiger partial charge in [0.25, 0.3) is 0 Å². The van der Waals surface area contributed by atoms with E-state index in [2.05, 4.69) is 42.7 Å². The number of fused-ring (bicyclic) bond motifs is 1. The molecule has 0 saturated carbocycles. The lowest BCUT2D eigenvalue weighted by molar-refractivity contribution is -0.131. The van der Waals surface area contributed by atoms with Gasteiger partial charge in [-0.1, -0.05) is 6.92 Å². The lowest BCUT2D eigenvalue weighted by atomic mass is 9.92. The minimum atomic E-state index is -0.506. The smallest absolute Gasteiger partial charge is 0.327 e. The monoisotopic (exact) mass is 609 g/mol. The number of likely N-dealkylation sites (tertiary alicyclic amines) is 1. The number of nitriles is 1. The summed E-state index contributed by atoms with van der Waals surface area (Å²) in [6, 6.07) is 6.83. The Morgan fingerprint density at radius 2 is 1.93 bits per heavy atom. The van der Waals surface area contributed by atoms with Crippen molar-refractivity contribution in [2.45, 2.75) is 25.8 Å². The van der Waals surface area contributed by atoms with Crippen LogP contribution in [0.3, 0.4) is 0 Å². The van der Waals surface area contributed by atoms with Crippen molar-refractivity contribution in [3.05, 3.63) is 36.9 Å². The third-order valence-corrected chi connectivity index (χ3v) is 7.91. The van der Waals surface area contributed by atoms with Gasteiger partial charge in [-0.25, -0.2) is 19.7 Å². The molecule has 2 aliphatic rings. The zero-order chi connectivity index (χ0) is 29.6. The summed E-state index contributed by atoms with van der Waals surface area (Å²) in [5.74, 6) is 0.739. The van der Waals surface area contributed by atoms with Gasteiger partial charge in [0, 0.05) is 52.5 Å². The summed E-state index contributed by atoms with van der Waals surface area (Å²) in [5.41, 5.74) is 1.40. The fourth-order valence-corrected chi connectivity index (χ4v) is 5.50. The molecule has 0 bridgehead atoms. The molecule has 0 unspecified atom stereocenters. The van der Waals surface area contributed by atoms with E-state index in [-0.39, 0.29) is 43.2 Å². The third kappa shape index (κ3) is 7.12. The first-order valence-corrected chi connectivity index (χ1v) is 14.0. The Labute approximate surface area is 255 Å². The van der Waals surface area contributed by atoms with Crippen LogP contribution in [0.1, 0.15) is 19.8 Å². The highest BCUT2D eigenvalue weighted by atomic mass is 35.5. The van der Waals surface area contributed by atoms with E-state index in [9.17, 15) is 14.4 Å². The van der Waals surface area contributed by atoms with Crippen molar-refractivity contribution in [2.75, 3.05) is 68.0 Å². The third-order valence-electron chi connectivity index (χ3n) is 7.91. The van der Waals surface area contributed by atoms with Gasteiger partial charge in [0.05, 0.1) is 35.9 Å². The van der Waals surface area contributed by atoms with Crippen molar-refractivity contribution < 1.29 is 14.4 Å². The lowest BCUT2D eigenvalue weighted by Crippen LogP contribution is -2.52. The number of carbonyl (C=O) groups excluding carboxylic acids is 3. The zero-order valence-corrected chi connectivity index (χ0v) is 25.0. The molecule has 0 aromatic carbocycles. The van der Waals surface area contributed by atoms with E-state index in [4.69, 9.17) is 5.26 Å². The summed E-state index contributed by atoms with van der Waals surface area (Å²) in [5, 5.41) is 18.3. The molecule has 14 nitrogen and oxygen atoms in total. The molecule has 15 heteroatoms. The largest absolute Gasteiger partial charge is 0.368 e. The minimum Gasteiger partial charge on any atom is -0.368 e. The van der Waals surface area contributed by atoms with E-state index < -0.39 is 11.9 Å². The molecule has 2 fully saturated rings. The molecule has 228 valence electrons. The van der Waals surface area contributed by atoms with Gasteiger partial charge in [-0.3, -0.25) is 14.2 Å². The average molecular weight is 610 g/mol. The summed E-state index contributed by atoms with van der Waals surface area (Å²) in [4.78, 5) is 57.0. The number of pyridine rings is 1. The highest BCUT2D eigenvalue weighted by molar-refractivity contribution is 5.97. The molecule has 3 N–H and O–H groups in total. The quantitative estimate of drug-likeness (QED) is 0.357. The van der Waals surface area contributed by atoms with E-state index in [1.165, 1.54) is 10.9 Å². The van der Waals surface area contributed by atoms with E-state index in [1.54, 1.807) is 29.4 Å². The minimum absolute atomic E-state index is 0. The van der Waals surface area contributed by atoms with Crippen LogP contribution in [-0.4, -0.2) is 101 Å². The van der Waals surface area contributed by atoms with Gasteiger partial charge in [0.1, 0.15) is 24.4 Å². The van der Waals surface area contributed by atoms with Gasteiger partial charge in [-0.15, -0.1) is 12.4 Å². The van der Waals surface area contributed by atoms with Crippen molar-refractivity contribution in [1.82, 2.24) is 35.1 Å². The number of nitrogens with zero attached hydrogens (tertiary/aromatic N) is 8. The highest BCUT2D eigenvalue weighted by Gasteiger charge is 2.33. The van der Waals surface area contributed by atoms with Crippen LogP contribution in [0.15, 0.2) is 36.9 Å². The van der Waals surface area contributed by atoms with Gasteiger partial charge in [0.2, 0.25) is 11.8 Å². The number of rotatable bonds is 7. The molecule has 0 radical (unpaired) electrons. The standard InChI is InChI=1S/C28H35N11O3.ClH/c1-19-6-11-38(25(41)5-8-29)17-22(19)36(2)26-21-7-12-39(27(21)34-18-33-26)28(42)32-16-24(40)35-23-4-3-20(15-31-23)37-13-9-30-10-14-37;/h3-4,7,12,15,18-19,22,30H,5-6,9-11,13-14,16-17H2,1-2H3,(H,32,42)(H,31,35,40);1H/t19-,22+;/m1./s1. The first-order chi connectivity index (χ1) is 20.4. The van der Waals surface area contributed by atoms with E-state index in [0.29, 0.717) is 35.8 Å². The fourth-order valence-electron chi connectivity index (χ4n) is 5.50. The van der Waals surface area contributed by atoms with Gasteiger partial charge in [-0.2, -0.15) is 5.26 Å². The summed E-state index contributed by atoms with van der Waals surface area (Å²) in [6.07, 6.45) is 5.38. The van der Waals surface area contributed by atoms with Crippen LogP contribution in [0.2, 0.25) is 0 Å². The van der Waals surface area contributed by atoms with E-state index >= 15 is 0 Å². The number of halogens is 1. The maximum atomic E-state index is 13.0. The van der Waals surface area contributed by atoms with E-state index in [1.807, 2.05) is 24.1 Å². The van der Waals surface area contributed by atoms with Crippen molar-refractivity contribution in [1.29, 1.82) is 5.26 Å². The van der Waals surface area contributed by atoms with E-state index in [0.717, 1.165) is 38.3 Å². The number of hydrogen-bond donors (Lipinski definition) is 3. The predicted octanol–water partition coefficient (Wildman–Crippen LogP) is 1.44. The summed E-state index contributed by atoms with van der Waals surface area (Å²) < 4.78 is 1.34. The molecule has 2 aliphatic heterocycles. The van der Waals surface area contributed by atoms with Gasteiger partial charge < -0.3 is 30.7 Å². The van der Waals surface area contributed by atoms with Crippen molar-refractivity contribution in [2.24, 2.45) is 5.92 Å². The Hall–Kier alpha value is -4.48. The Balaban J connectivity index is 0.00000423. The molecule has 3 aromatic heterocycles. The summed E-state index contributed by atoms with van der Waals surface area (Å²) in [6.45, 7) is 6.63. The number of piperazine rings is 1. The SMILES string of the molecule is C[C@@H]1CCN(C(=O)CC#N)C[C@@H]1N(C)c1ncnc2c1ccn2C(=O)NCC(=O)Nc1ccc(N2CCNCC2)cn1.Cl. The molecule has 5 heterocycles. The maximum Gasteiger partial charge on any atom is 0.327 e. The molecule has 0 spiro atoms. The maximum absolute atomic E-state index is 13.0. The average Bonchev–Trinajstić information content (AvgIpc) is 3.45. The predicted molar refractivity (Wildman–Crippen MR) is 164 cm³/mol. The van der Waals surface area contributed by atoms with Crippen LogP contribution >= 0.6 is 12.4 Å². The fraction of sp³-hybridized carbons (Fsp3) is 0.464. The second-order valence-electron chi connectivity index (χ2n) is 10.6. The molecular formula is C28H36ClN11O3. The van der Waals surface area contributed by atoms with Gasteiger partial charge in [0.15, 0.2) is 5.65 Å². The lowest BCUT2D eigenvalue weighted by Gasteiger charge is -2.42. The number of aromatic nitrogens is 4. The molecule has 3 aromatic rings. The number of nitrogens with one attached hydrogen (secondary N) is 3. The number of amides is 3. The second-order valence-corrected chi connectivity index (χ2v) is 10.6. The number of piperidine rings is 1. The molecular weight excluding hydrogens is 574 g/mol. The van der Waals surface area contributed by atoms with Crippen molar-refractivity contribution in [3.63, 3.8) is 0 Å². The molecule has 2 saturated heterocycles. The molecule has 2 atom stereocenters. The molecule has 0 aliphatic carbocycles. The molecule has 43 heavy (non-hydrogen) atoms. The number of hydrogen-bond acceptors (Lipinski definition) is 10. The van der Waals surface area contributed by atoms with Gasteiger partial charge in [-0.05, 0) is 30.5 Å². The first kappa shape index (κ1) is 31.5. The van der Waals surface area contributed by atoms with Crippen LogP contribution in [-0.2, 0) is 9.59 Å². The Kier molecular flexibility index (Phi) is 10.3. The Morgan fingerprint density at radius 3 is 2.65 bits per heavy atom. The van der Waals surface area contributed by atoms with Crippen LogP contribution in [0.25, 0.3) is 11.0 Å². The van der Waals surface area contributed by atoms with Crippen LogP contribution in [0.5, 0.6) is 0 Å². The van der Waals surface area contributed by atoms with Crippen LogP contribution in [0, 0.1) is 17.2 Å². The first-order valence-electron chi connectivity index (χ1n) is 14.0. The highest BCUT2D eigenvalue weighted by Crippen LogP contribution is 2.29. The normalized spacial score (nSPS) is 18.3. The van der Waals surface area contributed by atoms with Crippen LogP contribution in [0.4, 0.5) is 22.1 Å². The Morgan fingerprint density at radius 1 is 1.14 bits per heavy atom. The second kappa shape index (κ2) is 14.1. The summed E-state index contributed by atoms with van der Waals surface area (Å²) in [7, 11) is 1.91. The van der Waals surface area contributed by atoms with Gasteiger partial charge >= 0.3 is 6.03 Å². The number of likely N-dealkylation sites (N-methyl/N-ethyl adjacent to an activating group) is 1. The number of carbonyl (C=O) groups is 3. The van der Waals surface area contributed by atoms with Crippen molar-refractivity contribution in [3.8, 4) is 6.07 Å². The topological polar surface area (TPSA) is 164 Å². The number of anilines is 3. The molecule has 3 amide bonds. The molecule has 5 rings (SSSR count). The van der Waals surface area contributed by atoms with Crippen LogP contribution < -0.4 is 25.8 Å². The summed E-state index contributed by atoms with van der Waals surface area (Å²) >= 11 is 0. The van der Waals surface area contributed by atoms with Crippen molar-refractivity contribution >= 4 is 58.6 Å². The Bertz CT molecular complexity index is 1480.